The topological polar surface area (TPSA) is 45.2 Å². The monoisotopic (exact) mass is 333 g/mol. The highest BCUT2D eigenvalue weighted by Gasteiger charge is 2.35. The first kappa shape index (κ1) is 15.6. The lowest BCUT2D eigenvalue weighted by atomic mass is 9.97. The van der Waals surface area contributed by atoms with Gasteiger partial charge in [-0.05, 0) is 31.4 Å². The standard InChI is InChI=1S/C14H15ClF3N3O/c15-11-5-19-12(4-10(11)14(16,17)18)13(22)20-9-3-8-1-2-21(6-8)7-9/h4-5,8-9H,1-3,6-7H2,(H,20,22). The van der Waals surface area contributed by atoms with Gasteiger partial charge in [0, 0.05) is 25.3 Å². The molecule has 3 rings (SSSR count). The summed E-state index contributed by atoms with van der Waals surface area (Å²) in [7, 11) is 0. The van der Waals surface area contributed by atoms with E-state index in [1.807, 2.05) is 0 Å². The first-order chi connectivity index (χ1) is 10.3. The van der Waals surface area contributed by atoms with Gasteiger partial charge in [-0.2, -0.15) is 13.2 Å². The van der Waals surface area contributed by atoms with Gasteiger partial charge < -0.3 is 10.2 Å². The summed E-state index contributed by atoms with van der Waals surface area (Å²) < 4.78 is 38.4. The number of carbonyl (C=O) groups excluding carboxylic acids is 1. The molecule has 0 radical (unpaired) electrons. The average molecular weight is 334 g/mol. The molecule has 1 N–H and O–H groups in total. The van der Waals surface area contributed by atoms with E-state index in [1.165, 1.54) is 0 Å². The maximum atomic E-state index is 12.8. The Morgan fingerprint density at radius 2 is 2.18 bits per heavy atom. The molecule has 3 atom stereocenters. The van der Waals surface area contributed by atoms with Gasteiger partial charge in [0.15, 0.2) is 0 Å². The van der Waals surface area contributed by atoms with Crippen LogP contribution in [0.3, 0.4) is 0 Å². The van der Waals surface area contributed by atoms with Crippen LogP contribution < -0.4 is 5.32 Å². The summed E-state index contributed by atoms with van der Waals surface area (Å²) in [6.45, 7) is 2.81. The van der Waals surface area contributed by atoms with Gasteiger partial charge in [-0.3, -0.25) is 4.79 Å². The number of alkyl halides is 3. The molecule has 2 aliphatic rings. The first-order valence-electron chi connectivity index (χ1n) is 7.09. The highest BCUT2D eigenvalue weighted by Crippen LogP contribution is 2.34. The minimum Gasteiger partial charge on any atom is -0.347 e. The van der Waals surface area contributed by atoms with Gasteiger partial charge in [-0.15, -0.1) is 0 Å². The van der Waals surface area contributed by atoms with Crippen LogP contribution in [0.2, 0.25) is 5.02 Å². The number of hydrogen-bond acceptors (Lipinski definition) is 3. The van der Waals surface area contributed by atoms with Crippen LogP contribution in [-0.4, -0.2) is 41.5 Å². The summed E-state index contributed by atoms with van der Waals surface area (Å²) in [5.41, 5.74) is -1.30. The summed E-state index contributed by atoms with van der Waals surface area (Å²) in [5, 5.41) is 2.27. The molecule has 2 saturated heterocycles. The van der Waals surface area contributed by atoms with E-state index in [1.54, 1.807) is 0 Å². The molecule has 0 aromatic carbocycles. The smallest absolute Gasteiger partial charge is 0.347 e. The number of nitrogens with zero attached hydrogens (tertiary/aromatic N) is 2. The molecule has 0 aliphatic carbocycles. The van der Waals surface area contributed by atoms with E-state index < -0.39 is 22.7 Å². The van der Waals surface area contributed by atoms with Crippen molar-refractivity contribution in [3.8, 4) is 0 Å². The van der Waals surface area contributed by atoms with Crippen LogP contribution in [0.25, 0.3) is 0 Å². The zero-order chi connectivity index (χ0) is 15.9. The molecule has 2 bridgehead atoms. The third kappa shape index (κ3) is 3.20. The van der Waals surface area contributed by atoms with Crippen LogP contribution in [0.4, 0.5) is 13.2 Å². The Balaban J connectivity index is 1.72. The predicted molar refractivity (Wildman–Crippen MR) is 74.7 cm³/mol. The Morgan fingerprint density at radius 1 is 1.41 bits per heavy atom. The van der Waals surface area contributed by atoms with E-state index >= 15 is 0 Å². The molecule has 1 aromatic heterocycles. The molecule has 3 heterocycles. The van der Waals surface area contributed by atoms with E-state index in [0.29, 0.717) is 12.0 Å². The van der Waals surface area contributed by atoms with E-state index in [0.717, 1.165) is 38.7 Å². The Labute approximate surface area is 130 Å². The number of aromatic nitrogens is 1. The van der Waals surface area contributed by atoms with Crippen LogP contribution >= 0.6 is 11.6 Å². The fourth-order valence-corrected chi connectivity index (χ4v) is 3.41. The Hall–Kier alpha value is -1.34. The Bertz CT molecular complexity index is 581. The first-order valence-corrected chi connectivity index (χ1v) is 7.46. The third-order valence-electron chi connectivity index (χ3n) is 4.20. The molecule has 0 spiro atoms. The minimum atomic E-state index is -4.61. The van der Waals surface area contributed by atoms with Crippen molar-refractivity contribution >= 4 is 17.5 Å². The molecule has 8 heteroatoms. The molecular weight excluding hydrogens is 319 g/mol. The second-order valence-electron chi connectivity index (χ2n) is 5.87. The van der Waals surface area contributed by atoms with E-state index in [4.69, 9.17) is 11.6 Å². The molecule has 120 valence electrons. The minimum absolute atomic E-state index is 0.0411. The summed E-state index contributed by atoms with van der Waals surface area (Å²) >= 11 is 5.50. The van der Waals surface area contributed by atoms with Crippen molar-refractivity contribution in [2.45, 2.75) is 25.1 Å². The fourth-order valence-electron chi connectivity index (χ4n) is 3.20. The highest BCUT2D eigenvalue weighted by molar-refractivity contribution is 6.31. The number of fused-ring (bicyclic) bond motifs is 2. The van der Waals surface area contributed by atoms with Crippen molar-refractivity contribution < 1.29 is 18.0 Å². The lowest BCUT2D eigenvalue weighted by Gasteiger charge is -2.30. The second kappa shape index (κ2) is 5.70. The molecule has 0 saturated carbocycles. The third-order valence-corrected chi connectivity index (χ3v) is 4.50. The predicted octanol–water partition coefficient (Wildman–Crippen LogP) is 2.58. The van der Waals surface area contributed by atoms with Crippen molar-refractivity contribution in [3.05, 3.63) is 28.5 Å². The average Bonchev–Trinajstić information content (AvgIpc) is 2.77. The summed E-state index contributed by atoms with van der Waals surface area (Å²) in [6, 6.07) is 0.663. The number of hydrogen-bond donors (Lipinski definition) is 1. The van der Waals surface area contributed by atoms with Gasteiger partial charge in [-0.25, -0.2) is 4.98 Å². The van der Waals surface area contributed by atoms with E-state index in [-0.39, 0.29) is 11.7 Å². The number of pyridine rings is 1. The second-order valence-corrected chi connectivity index (χ2v) is 6.27. The number of amides is 1. The summed E-state index contributed by atoms with van der Waals surface area (Å²) in [5.74, 6) is -0.0300. The van der Waals surface area contributed by atoms with Crippen LogP contribution in [0, 0.1) is 5.92 Å². The van der Waals surface area contributed by atoms with Gasteiger partial charge in [-0.1, -0.05) is 11.6 Å². The van der Waals surface area contributed by atoms with Crippen LogP contribution in [0.5, 0.6) is 0 Å². The molecule has 1 aromatic rings. The van der Waals surface area contributed by atoms with Gasteiger partial charge in [0.1, 0.15) is 5.69 Å². The van der Waals surface area contributed by atoms with E-state index in [9.17, 15) is 18.0 Å². The largest absolute Gasteiger partial charge is 0.417 e. The van der Waals surface area contributed by atoms with Crippen molar-refractivity contribution in [1.29, 1.82) is 0 Å². The molecule has 22 heavy (non-hydrogen) atoms. The number of piperidine rings is 1. The van der Waals surface area contributed by atoms with Crippen molar-refractivity contribution in [2.75, 3.05) is 19.6 Å². The zero-order valence-corrected chi connectivity index (χ0v) is 12.4. The molecule has 3 unspecified atom stereocenters. The summed E-state index contributed by atoms with van der Waals surface area (Å²) in [4.78, 5) is 18.1. The van der Waals surface area contributed by atoms with Gasteiger partial charge in [0.2, 0.25) is 0 Å². The molecule has 2 fully saturated rings. The van der Waals surface area contributed by atoms with Gasteiger partial charge in [0.25, 0.3) is 5.91 Å². The lowest BCUT2D eigenvalue weighted by molar-refractivity contribution is -0.137. The highest BCUT2D eigenvalue weighted by atomic mass is 35.5. The number of halogens is 4. The molecule has 1 amide bonds. The van der Waals surface area contributed by atoms with Crippen molar-refractivity contribution in [1.82, 2.24) is 15.2 Å². The summed E-state index contributed by atoms with van der Waals surface area (Å²) in [6.07, 6.45) is -1.76. The number of nitrogens with one attached hydrogen (secondary N) is 1. The number of carbonyl (C=O) groups is 1. The Morgan fingerprint density at radius 3 is 2.86 bits per heavy atom. The van der Waals surface area contributed by atoms with Crippen LogP contribution in [-0.2, 0) is 6.18 Å². The molecule has 4 nitrogen and oxygen atoms in total. The normalized spacial score (nSPS) is 27.7. The SMILES string of the molecule is O=C(NC1CC2CCN(C2)C1)c1cc(C(F)(F)F)c(Cl)cn1. The van der Waals surface area contributed by atoms with Gasteiger partial charge in [0.05, 0.1) is 10.6 Å². The molecule has 2 aliphatic heterocycles. The number of rotatable bonds is 2. The molecular formula is C14H15ClF3N3O. The zero-order valence-electron chi connectivity index (χ0n) is 11.7. The maximum Gasteiger partial charge on any atom is 0.417 e. The van der Waals surface area contributed by atoms with E-state index in [2.05, 4.69) is 15.2 Å². The van der Waals surface area contributed by atoms with Gasteiger partial charge >= 0.3 is 6.18 Å². The van der Waals surface area contributed by atoms with Crippen LogP contribution in [0.15, 0.2) is 12.3 Å². The van der Waals surface area contributed by atoms with Crippen molar-refractivity contribution in [3.63, 3.8) is 0 Å². The van der Waals surface area contributed by atoms with Crippen molar-refractivity contribution in [2.24, 2.45) is 5.92 Å². The maximum absolute atomic E-state index is 12.8. The Kier molecular flexibility index (Phi) is 4.03. The fraction of sp³-hybridized carbons (Fsp3) is 0.571. The lowest BCUT2D eigenvalue weighted by Crippen LogP contribution is -2.47. The van der Waals surface area contributed by atoms with Crippen LogP contribution in [0.1, 0.15) is 28.9 Å². The quantitative estimate of drug-likeness (QED) is 0.905.